The second kappa shape index (κ2) is 23.9. The molecule has 0 bridgehead atoms. The van der Waals surface area contributed by atoms with Crippen LogP contribution in [0, 0.1) is 56.7 Å². The predicted molar refractivity (Wildman–Crippen MR) is 265 cm³/mol. The van der Waals surface area contributed by atoms with E-state index in [1.165, 1.54) is 205 Å². The summed E-state index contributed by atoms with van der Waals surface area (Å²) in [5, 5.41) is 0. The van der Waals surface area contributed by atoms with E-state index in [1.54, 1.807) is 0 Å². The van der Waals surface area contributed by atoms with E-state index in [2.05, 4.69) is 68.4 Å². The summed E-state index contributed by atoms with van der Waals surface area (Å²) in [5.41, 5.74) is 4.83. The third kappa shape index (κ3) is 12.4. The predicted octanol–water partition coefficient (Wildman–Crippen LogP) is 19.3. The third-order valence-corrected chi connectivity index (χ3v) is 19.8. The fourth-order valence-corrected chi connectivity index (χ4v) is 15.7. The van der Waals surface area contributed by atoms with E-state index in [-0.39, 0.29) is 16.8 Å². The molecule has 5 rings (SSSR count). The fraction of sp³-hybridized carbons (Fsp3) is 0.915. The molecule has 0 radical (unpaired) electrons. The second-order valence-electron chi connectivity index (χ2n) is 24.5. The van der Waals surface area contributed by atoms with E-state index >= 15 is 0 Å². The standard InChI is InChI=1S/C59H104O2/c1-10-11-12-13-14-15-16-17-18-19-20-21-22-23-24-25-26-27-28-29-30-31-32-33-34-35-53(60)61-46-48-38-42-57(7)50-40-43-59(9)54-49(47(2)3)39-41-56(54,6)44-45-58(59,8)51(50)36-37-52(57)55(48,4)5/h40,46-47,49,51-52,54H,10-39,41-45H2,1-9H3. The van der Waals surface area contributed by atoms with Crippen molar-refractivity contribution in [3.63, 3.8) is 0 Å². The number of carbonyl (C=O) groups excluding carboxylic acids is 1. The molecule has 0 aromatic carbocycles. The Morgan fingerprint density at radius 3 is 1.61 bits per heavy atom. The van der Waals surface area contributed by atoms with Gasteiger partial charge in [0.25, 0.3) is 0 Å². The maximum Gasteiger partial charge on any atom is 0.310 e. The van der Waals surface area contributed by atoms with Gasteiger partial charge in [-0.25, -0.2) is 0 Å². The summed E-state index contributed by atoms with van der Waals surface area (Å²) < 4.78 is 5.95. The van der Waals surface area contributed by atoms with Crippen molar-refractivity contribution in [2.24, 2.45) is 56.7 Å². The van der Waals surface area contributed by atoms with Gasteiger partial charge in [-0.1, -0.05) is 228 Å². The Hall–Kier alpha value is -1.05. The highest BCUT2D eigenvalue weighted by Gasteiger charge is 2.68. The van der Waals surface area contributed by atoms with Gasteiger partial charge in [-0.3, -0.25) is 4.79 Å². The van der Waals surface area contributed by atoms with Crippen LogP contribution in [0.4, 0.5) is 0 Å². The molecule has 61 heavy (non-hydrogen) atoms. The second-order valence-corrected chi connectivity index (χ2v) is 24.5. The zero-order valence-corrected chi connectivity index (χ0v) is 42.6. The summed E-state index contributed by atoms with van der Waals surface area (Å²) in [5.74, 6) is 3.83. The summed E-state index contributed by atoms with van der Waals surface area (Å²) in [6.07, 6.45) is 52.2. The number of hydrogen-bond donors (Lipinski definition) is 0. The molecule has 0 N–H and O–H groups in total. The monoisotopic (exact) mass is 845 g/mol. The minimum Gasteiger partial charge on any atom is -0.435 e. The zero-order valence-electron chi connectivity index (χ0n) is 42.6. The zero-order chi connectivity index (χ0) is 44.0. The Morgan fingerprint density at radius 1 is 0.623 bits per heavy atom. The molecule has 8 unspecified atom stereocenters. The lowest BCUT2D eigenvalue weighted by atomic mass is 9.35. The third-order valence-electron chi connectivity index (χ3n) is 19.8. The van der Waals surface area contributed by atoms with Crippen molar-refractivity contribution >= 4 is 5.97 Å². The maximum atomic E-state index is 13.0. The molecule has 0 heterocycles. The number of unbranched alkanes of at least 4 members (excludes halogenated alkanes) is 24. The van der Waals surface area contributed by atoms with E-state index in [1.807, 2.05) is 11.8 Å². The average molecular weight is 845 g/mol. The topological polar surface area (TPSA) is 26.3 Å². The number of rotatable bonds is 28. The van der Waals surface area contributed by atoms with Crippen molar-refractivity contribution in [2.75, 3.05) is 0 Å². The van der Waals surface area contributed by atoms with Gasteiger partial charge in [0.05, 0.1) is 6.26 Å². The van der Waals surface area contributed by atoms with Crippen LogP contribution in [-0.4, -0.2) is 5.97 Å². The number of hydrogen-bond acceptors (Lipinski definition) is 2. The first kappa shape index (κ1) is 50.9. The molecule has 2 nitrogen and oxygen atoms in total. The van der Waals surface area contributed by atoms with Gasteiger partial charge in [-0.15, -0.1) is 0 Å². The van der Waals surface area contributed by atoms with Crippen molar-refractivity contribution in [1.82, 2.24) is 0 Å². The van der Waals surface area contributed by atoms with Gasteiger partial charge in [-0.2, -0.15) is 0 Å². The van der Waals surface area contributed by atoms with Crippen LogP contribution < -0.4 is 0 Å². The fourth-order valence-electron chi connectivity index (χ4n) is 15.7. The summed E-state index contributed by atoms with van der Waals surface area (Å²) in [7, 11) is 0. The van der Waals surface area contributed by atoms with Crippen LogP contribution in [0.15, 0.2) is 23.5 Å². The first-order chi connectivity index (χ1) is 29.2. The normalized spacial score (nSPS) is 33.5. The lowest BCUT2D eigenvalue weighted by Crippen LogP contribution is -2.61. The summed E-state index contributed by atoms with van der Waals surface area (Å²) >= 11 is 0. The molecule has 5 aliphatic carbocycles. The summed E-state index contributed by atoms with van der Waals surface area (Å²) in [4.78, 5) is 13.0. The lowest BCUT2D eigenvalue weighted by molar-refractivity contribution is -0.158. The molecule has 0 amide bonds. The van der Waals surface area contributed by atoms with Crippen LogP contribution in [0.2, 0.25) is 0 Å². The van der Waals surface area contributed by atoms with E-state index in [0.29, 0.717) is 28.6 Å². The van der Waals surface area contributed by atoms with Gasteiger partial charge >= 0.3 is 5.97 Å². The maximum absolute atomic E-state index is 13.0. The highest BCUT2D eigenvalue weighted by molar-refractivity contribution is 5.70. The van der Waals surface area contributed by atoms with Crippen molar-refractivity contribution in [3.05, 3.63) is 23.5 Å². The molecule has 0 saturated heterocycles. The van der Waals surface area contributed by atoms with Gasteiger partial charge in [0, 0.05) is 6.42 Å². The van der Waals surface area contributed by atoms with Crippen LogP contribution >= 0.6 is 0 Å². The Kier molecular flexibility index (Phi) is 20.0. The summed E-state index contributed by atoms with van der Waals surface area (Å²) in [6.45, 7) is 23.1. The number of fused-ring (bicyclic) bond motifs is 7. The van der Waals surface area contributed by atoms with Gasteiger partial charge < -0.3 is 4.74 Å². The Morgan fingerprint density at radius 2 is 1.11 bits per heavy atom. The first-order valence-corrected chi connectivity index (χ1v) is 27.8. The van der Waals surface area contributed by atoms with E-state index < -0.39 is 0 Å². The van der Waals surface area contributed by atoms with E-state index in [0.717, 1.165) is 42.9 Å². The van der Waals surface area contributed by atoms with Gasteiger partial charge in [0.15, 0.2) is 0 Å². The quantitative estimate of drug-likeness (QED) is 0.0339. The molecule has 8 atom stereocenters. The van der Waals surface area contributed by atoms with Crippen molar-refractivity contribution < 1.29 is 9.53 Å². The molecule has 5 aliphatic rings. The molecule has 0 aliphatic heterocycles. The Labute approximate surface area is 381 Å². The molecule has 352 valence electrons. The van der Waals surface area contributed by atoms with Crippen LogP contribution in [0.5, 0.6) is 0 Å². The number of ether oxygens (including phenoxy) is 1. The van der Waals surface area contributed by atoms with Gasteiger partial charge in [0.2, 0.25) is 0 Å². The first-order valence-electron chi connectivity index (χ1n) is 27.8. The largest absolute Gasteiger partial charge is 0.435 e. The molecule has 2 heteroatoms. The van der Waals surface area contributed by atoms with Crippen molar-refractivity contribution in [1.29, 1.82) is 0 Å². The summed E-state index contributed by atoms with van der Waals surface area (Å²) in [6, 6.07) is 0. The minimum atomic E-state index is -0.0208. The smallest absolute Gasteiger partial charge is 0.310 e. The van der Waals surface area contributed by atoms with Crippen LogP contribution in [0.1, 0.15) is 287 Å². The average Bonchev–Trinajstić information content (AvgIpc) is 3.60. The highest BCUT2D eigenvalue weighted by atomic mass is 16.5. The van der Waals surface area contributed by atoms with Gasteiger partial charge in [0.1, 0.15) is 0 Å². The van der Waals surface area contributed by atoms with Crippen LogP contribution in [0.3, 0.4) is 0 Å². The molecular formula is C59H104O2. The number of esters is 1. The SMILES string of the molecule is CCCCCCCCCCCCCCCCCCCCCCCCCCCC(=O)OC=C1CCC2(C)C3=CCC4(C)C5C(C(C)C)CCC5(C)CCC4(C)C3CCC2C1(C)C. The molecule has 0 aromatic rings. The minimum absolute atomic E-state index is 0.0208. The Bertz CT molecular complexity index is 1370. The molecule has 4 fully saturated rings. The van der Waals surface area contributed by atoms with Gasteiger partial charge in [-0.05, 0) is 126 Å². The van der Waals surface area contributed by atoms with Crippen LogP contribution in [0.25, 0.3) is 0 Å². The van der Waals surface area contributed by atoms with E-state index in [4.69, 9.17) is 4.74 Å². The number of carbonyl (C=O) groups is 1. The van der Waals surface area contributed by atoms with E-state index in [9.17, 15) is 4.79 Å². The molecule has 0 aromatic heterocycles. The highest BCUT2D eigenvalue weighted by Crippen LogP contribution is 2.76. The molecule has 4 saturated carbocycles. The molecule has 0 spiro atoms. The lowest BCUT2D eigenvalue weighted by Gasteiger charge is -2.69. The van der Waals surface area contributed by atoms with Crippen molar-refractivity contribution in [2.45, 2.75) is 287 Å². The number of allylic oxidation sites excluding steroid dienone is 3. The Balaban J connectivity index is 0.901. The van der Waals surface area contributed by atoms with Crippen molar-refractivity contribution in [3.8, 4) is 0 Å². The van der Waals surface area contributed by atoms with Crippen LogP contribution in [-0.2, 0) is 9.53 Å². The molecular weight excluding hydrogens is 741 g/mol.